The molecule has 7 nitrogen and oxygen atoms in total. The maximum absolute atomic E-state index is 13.5. The highest BCUT2D eigenvalue weighted by atomic mass is 32.2. The van der Waals surface area contributed by atoms with E-state index in [1.807, 2.05) is 43.3 Å². The Bertz CT molecular complexity index is 1230. The van der Waals surface area contributed by atoms with Crippen molar-refractivity contribution in [2.45, 2.75) is 24.3 Å². The smallest absolute Gasteiger partial charge is 0.264 e. The minimum Gasteiger partial charge on any atom is -0.497 e. The topological polar surface area (TPSA) is 84.9 Å². The van der Waals surface area contributed by atoms with Crippen LogP contribution in [-0.4, -0.2) is 40.6 Å². The van der Waals surface area contributed by atoms with E-state index in [-0.39, 0.29) is 17.3 Å². The number of anilines is 1. The van der Waals surface area contributed by atoms with Crippen LogP contribution in [0.3, 0.4) is 0 Å². The number of aryl methyl sites for hydroxylation is 1. The van der Waals surface area contributed by atoms with Gasteiger partial charge in [-0.15, -0.1) is 0 Å². The Balaban J connectivity index is 1.57. The molecule has 1 aliphatic heterocycles. The van der Waals surface area contributed by atoms with Crippen LogP contribution in [0.25, 0.3) is 0 Å². The Kier molecular flexibility index (Phi) is 6.55. The number of carbonyl (C=O) groups is 1. The number of hydrogen-bond acceptors (Lipinski definition) is 5. The summed E-state index contributed by atoms with van der Waals surface area (Å²) < 4.78 is 39.3. The van der Waals surface area contributed by atoms with Gasteiger partial charge in [0.05, 0.1) is 24.2 Å². The van der Waals surface area contributed by atoms with Crippen molar-refractivity contribution in [1.29, 1.82) is 0 Å². The van der Waals surface area contributed by atoms with Crippen molar-refractivity contribution in [3.8, 4) is 11.5 Å². The number of rotatable bonds is 7. The zero-order valence-electron chi connectivity index (χ0n) is 18.5. The molecule has 8 heteroatoms. The van der Waals surface area contributed by atoms with Gasteiger partial charge in [-0.3, -0.25) is 9.10 Å². The number of benzene rings is 3. The lowest BCUT2D eigenvalue weighted by Crippen LogP contribution is -2.51. The highest BCUT2D eigenvalue weighted by Gasteiger charge is 2.37. The quantitative estimate of drug-likeness (QED) is 0.578. The summed E-state index contributed by atoms with van der Waals surface area (Å²) in [6.45, 7) is 2.19. The van der Waals surface area contributed by atoms with E-state index in [1.54, 1.807) is 24.3 Å². The van der Waals surface area contributed by atoms with Gasteiger partial charge in [-0.2, -0.15) is 0 Å². The van der Waals surface area contributed by atoms with E-state index in [9.17, 15) is 13.2 Å². The fourth-order valence-corrected chi connectivity index (χ4v) is 5.16. The van der Waals surface area contributed by atoms with Crippen molar-refractivity contribution in [2.24, 2.45) is 0 Å². The molecule has 0 aromatic heterocycles. The molecule has 0 aliphatic carbocycles. The molecule has 3 aromatic carbocycles. The Morgan fingerprint density at radius 2 is 1.82 bits per heavy atom. The summed E-state index contributed by atoms with van der Waals surface area (Å²) in [4.78, 5) is 13.0. The molecule has 0 bridgehead atoms. The van der Waals surface area contributed by atoms with Crippen LogP contribution >= 0.6 is 0 Å². The van der Waals surface area contributed by atoms with Crippen LogP contribution in [0.2, 0.25) is 0 Å². The summed E-state index contributed by atoms with van der Waals surface area (Å²) in [5.74, 6) is 0.567. The molecule has 33 heavy (non-hydrogen) atoms. The molecular formula is C25H26N2O5S. The second kappa shape index (κ2) is 9.54. The summed E-state index contributed by atoms with van der Waals surface area (Å²) >= 11 is 0. The largest absolute Gasteiger partial charge is 0.497 e. The number of fused-ring (bicyclic) bond motifs is 1. The lowest BCUT2D eigenvalue weighted by Gasteiger charge is -2.35. The predicted octanol–water partition coefficient (Wildman–Crippen LogP) is 3.32. The van der Waals surface area contributed by atoms with Crippen LogP contribution < -0.4 is 19.1 Å². The van der Waals surface area contributed by atoms with Crippen molar-refractivity contribution >= 4 is 21.6 Å². The van der Waals surface area contributed by atoms with Crippen LogP contribution in [0.4, 0.5) is 5.69 Å². The van der Waals surface area contributed by atoms with Crippen molar-refractivity contribution < 1.29 is 22.7 Å². The maximum atomic E-state index is 13.5. The molecule has 1 heterocycles. The minimum absolute atomic E-state index is 0.111. The van der Waals surface area contributed by atoms with Crippen molar-refractivity contribution in [3.63, 3.8) is 0 Å². The zero-order chi connectivity index (χ0) is 23.4. The molecular weight excluding hydrogens is 440 g/mol. The normalized spacial score (nSPS) is 15.3. The Labute approximate surface area is 194 Å². The molecule has 1 aliphatic rings. The molecule has 1 N–H and O–H groups in total. The van der Waals surface area contributed by atoms with E-state index in [2.05, 4.69) is 5.32 Å². The number of nitrogens with zero attached hydrogens (tertiary/aromatic N) is 1. The van der Waals surface area contributed by atoms with Gasteiger partial charge in [-0.05, 0) is 60.9 Å². The van der Waals surface area contributed by atoms with Crippen LogP contribution in [0, 0.1) is 6.92 Å². The molecule has 0 saturated carbocycles. The highest BCUT2D eigenvalue weighted by Crippen LogP contribution is 2.38. The summed E-state index contributed by atoms with van der Waals surface area (Å²) in [5, 5.41) is 2.87. The number of sulfonamides is 1. The van der Waals surface area contributed by atoms with Gasteiger partial charge in [-0.1, -0.05) is 36.4 Å². The van der Waals surface area contributed by atoms with E-state index >= 15 is 0 Å². The monoisotopic (exact) mass is 466 g/mol. The molecule has 0 radical (unpaired) electrons. The van der Waals surface area contributed by atoms with Crippen molar-refractivity contribution in [2.75, 3.05) is 24.5 Å². The first kappa shape index (κ1) is 22.7. The van der Waals surface area contributed by atoms with Crippen LogP contribution in [0.15, 0.2) is 77.7 Å². The Morgan fingerprint density at radius 3 is 2.52 bits per heavy atom. The summed E-state index contributed by atoms with van der Waals surface area (Å²) in [6.07, 6.45) is -0.300. The highest BCUT2D eigenvalue weighted by molar-refractivity contribution is 7.92. The fourth-order valence-electron chi connectivity index (χ4n) is 3.69. The summed E-state index contributed by atoms with van der Waals surface area (Å²) in [7, 11) is -2.41. The lowest BCUT2D eigenvalue weighted by molar-refractivity contribution is -0.127. The number of hydrogen-bond donors (Lipinski definition) is 1. The van der Waals surface area contributed by atoms with E-state index in [1.165, 1.54) is 23.5 Å². The van der Waals surface area contributed by atoms with Gasteiger partial charge in [0.1, 0.15) is 11.5 Å². The first-order valence-corrected chi connectivity index (χ1v) is 12.1. The second-order valence-corrected chi connectivity index (χ2v) is 9.68. The van der Waals surface area contributed by atoms with Gasteiger partial charge >= 0.3 is 0 Å². The number of nitrogens with one attached hydrogen (secondary N) is 1. The first-order valence-electron chi connectivity index (χ1n) is 10.6. The number of amides is 1. The molecule has 1 unspecified atom stereocenters. The third kappa shape index (κ3) is 4.96. The molecule has 0 spiro atoms. The van der Waals surface area contributed by atoms with Crippen LogP contribution in [0.5, 0.6) is 11.5 Å². The molecule has 1 amide bonds. The van der Waals surface area contributed by atoms with Gasteiger partial charge in [0.2, 0.25) is 0 Å². The third-order valence-corrected chi connectivity index (χ3v) is 7.27. The third-order valence-electron chi connectivity index (χ3n) is 5.48. The molecule has 3 aromatic rings. The van der Waals surface area contributed by atoms with E-state index in [0.29, 0.717) is 30.2 Å². The Hall–Kier alpha value is -3.52. The standard InChI is InChI=1S/C25H26N2O5S/c1-18-8-13-22-23(16-18)32-24(25(28)26-15-14-19-6-4-3-5-7-19)17-27(22)33(29,30)21-11-9-20(31-2)10-12-21/h3-13,16,24H,14-15,17H2,1-2H3,(H,26,28). The molecule has 4 rings (SSSR count). The van der Waals surface area contributed by atoms with E-state index < -0.39 is 16.1 Å². The Morgan fingerprint density at radius 1 is 1.09 bits per heavy atom. The van der Waals surface area contributed by atoms with Crippen LogP contribution in [-0.2, 0) is 21.2 Å². The average Bonchev–Trinajstić information content (AvgIpc) is 2.83. The molecule has 1 atom stereocenters. The number of carbonyl (C=O) groups excluding carboxylic acids is 1. The van der Waals surface area contributed by atoms with Gasteiger partial charge in [0.25, 0.3) is 15.9 Å². The van der Waals surface area contributed by atoms with Gasteiger partial charge in [0.15, 0.2) is 6.10 Å². The average molecular weight is 467 g/mol. The molecule has 0 saturated heterocycles. The maximum Gasteiger partial charge on any atom is 0.264 e. The second-order valence-electron chi connectivity index (χ2n) is 7.82. The zero-order valence-corrected chi connectivity index (χ0v) is 19.3. The van der Waals surface area contributed by atoms with Crippen molar-refractivity contribution in [3.05, 3.63) is 83.9 Å². The molecule has 172 valence electrons. The lowest BCUT2D eigenvalue weighted by atomic mass is 10.1. The number of methoxy groups -OCH3 is 1. The minimum atomic E-state index is -3.93. The summed E-state index contributed by atoms with van der Waals surface area (Å²) in [5.41, 5.74) is 2.41. The van der Waals surface area contributed by atoms with Crippen LogP contribution in [0.1, 0.15) is 11.1 Å². The SMILES string of the molecule is COc1ccc(S(=O)(=O)N2CC(C(=O)NCCc3ccccc3)Oc3cc(C)ccc32)cc1. The van der Waals surface area contributed by atoms with Gasteiger partial charge in [0, 0.05) is 6.54 Å². The van der Waals surface area contributed by atoms with Gasteiger partial charge < -0.3 is 14.8 Å². The van der Waals surface area contributed by atoms with E-state index in [4.69, 9.17) is 9.47 Å². The molecule has 0 fully saturated rings. The fraction of sp³-hybridized carbons (Fsp3) is 0.240. The van der Waals surface area contributed by atoms with E-state index in [0.717, 1.165) is 11.1 Å². The van der Waals surface area contributed by atoms with Crippen molar-refractivity contribution in [1.82, 2.24) is 5.32 Å². The summed E-state index contributed by atoms with van der Waals surface area (Å²) in [6, 6.07) is 21.3. The van der Waals surface area contributed by atoms with Gasteiger partial charge in [-0.25, -0.2) is 8.42 Å². The number of ether oxygens (including phenoxy) is 2. The predicted molar refractivity (Wildman–Crippen MR) is 126 cm³/mol. The first-order chi connectivity index (χ1) is 15.9.